The Labute approximate surface area is 153 Å². The van der Waals surface area contributed by atoms with Crippen molar-refractivity contribution in [2.75, 3.05) is 26.2 Å². The highest BCUT2D eigenvalue weighted by Gasteiger charge is 2.26. The van der Waals surface area contributed by atoms with Gasteiger partial charge in [-0.3, -0.25) is 4.79 Å². The number of nitrogens with zero attached hydrogens (tertiary/aromatic N) is 1. The average Bonchev–Trinajstić information content (AvgIpc) is 3.22. The van der Waals surface area contributed by atoms with Gasteiger partial charge >= 0.3 is 0 Å². The van der Waals surface area contributed by atoms with Crippen LogP contribution in [0.4, 0.5) is 0 Å². The van der Waals surface area contributed by atoms with E-state index in [0.29, 0.717) is 37.6 Å². The number of ether oxygens (including phenoxy) is 1. The molecule has 0 spiro atoms. The molecule has 0 saturated carbocycles. The Hall–Kier alpha value is -2.38. The predicted molar refractivity (Wildman–Crippen MR) is 98.7 cm³/mol. The van der Waals surface area contributed by atoms with E-state index < -0.39 is 10.0 Å². The summed E-state index contributed by atoms with van der Waals surface area (Å²) >= 11 is 0. The van der Waals surface area contributed by atoms with Crippen LogP contribution in [-0.2, 0) is 10.0 Å². The van der Waals surface area contributed by atoms with Crippen molar-refractivity contribution in [2.24, 2.45) is 0 Å². The fourth-order valence-corrected chi connectivity index (χ4v) is 4.33. The van der Waals surface area contributed by atoms with E-state index in [0.717, 1.165) is 12.8 Å². The number of hydrogen-bond acceptors (Lipinski definition) is 4. The van der Waals surface area contributed by atoms with Gasteiger partial charge in [0.1, 0.15) is 12.4 Å². The number of carbonyl (C=O) groups excluding carboxylic acids is 1. The highest BCUT2D eigenvalue weighted by Crippen LogP contribution is 2.22. The summed E-state index contributed by atoms with van der Waals surface area (Å²) in [7, 11) is -3.40. The summed E-state index contributed by atoms with van der Waals surface area (Å²) in [6.07, 6.45) is 1.82. The first-order valence-electron chi connectivity index (χ1n) is 8.64. The summed E-state index contributed by atoms with van der Waals surface area (Å²) in [5.41, 5.74) is 0.601. The first-order valence-corrected chi connectivity index (χ1v) is 10.1. The number of nitrogens with one attached hydrogen (secondary N) is 1. The Morgan fingerprint density at radius 1 is 1.00 bits per heavy atom. The van der Waals surface area contributed by atoms with Crippen molar-refractivity contribution in [3.63, 3.8) is 0 Å². The lowest BCUT2D eigenvalue weighted by Gasteiger charge is -2.15. The zero-order chi connectivity index (χ0) is 18.4. The summed E-state index contributed by atoms with van der Waals surface area (Å²) in [6.45, 7) is 1.84. The molecule has 1 N–H and O–H groups in total. The largest absolute Gasteiger partial charge is 0.492 e. The van der Waals surface area contributed by atoms with Crippen molar-refractivity contribution in [3.05, 3.63) is 60.2 Å². The second-order valence-corrected chi connectivity index (χ2v) is 7.99. The first kappa shape index (κ1) is 18.4. The van der Waals surface area contributed by atoms with Crippen molar-refractivity contribution >= 4 is 15.9 Å². The van der Waals surface area contributed by atoms with Crippen LogP contribution in [0, 0.1) is 0 Å². The molecule has 1 aliphatic heterocycles. The van der Waals surface area contributed by atoms with E-state index in [2.05, 4.69) is 5.32 Å². The van der Waals surface area contributed by atoms with E-state index in [-0.39, 0.29) is 10.8 Å². The van der Waals surface area contributed by atoms with E-state index in [4.69, 9.17) is 4.74 Å². The molecule has 0 aromatic heterocycles. The standard InChI is InChI=1S/C19H22N2O4S/c22-19(16-6-2-1-3-7-16)20-12-15-25-17-8-10-18(11-9-17)26(23,24)21-13-4-5-14-21/h1-3,6-11H,4-5,12-15H2,(H,20,22). The molecule has 2 aromatic rings. The summed E-state index contributed by atoms with van der Waals surface area (Å²) < 4.78 is 32.0. The van der Waals surface area contributed by atoms with Crippen LogP contribution in [0.5, 0.6) is 5.75 Å². The van der Waals surface area contributed by atoms with Gasteiger partial charge in [0.15, 0.2) is 0 Å². The third-order valence-corrected chi connectivity index (χ3v) is 6.13. The fourth-order valence-electron chi connectivity index (χ4n) is 2.81. The number of sulfonamides is 1. The van der Waals surface area contributed by atoms with Crippen LogP contribution in [0.1, 0.15) is 23.2 Å². The van der Waals surface area contributed by atoms with Gasteiger partial charge in [0, 0.05) is 18.7 Å². The van der Waals surface area contributed by atoms with Gasteiger partial charge in [-0.15, -0.1) is 0 Å². The summed E-state index contributed by atoms with van der Waals surface area (Å²) in [5, 5.41) is 2.78. The summed E-state index contributed by atoms with van der Waals surface area (Å²) in [6, 6.07) is 15.4. The maximum Gasteiger partial charge on any atom is 0.251 e. The normalized spacial score (nSPS) is 14.9. The van der Waals surface area contributed by atoms with Crippen LogP contribution in [0.25, 0.3) is 0 Å². The average molecular weight is 374 g/mol. The maximum atomic E-state index is 12.5. The minimum atomic E-state index is -3.40. The SMILES string of the molecule is O=C(NCCOc1ccc(S(=O)(=O)N2CCCC2)cc1)c1ccccc1. The Morgan fingerprint density at radius 3 is 2.31 bits per heavy atom. The van der Waals surface area contributed by atoms with Crippen molar-refractivity contribution < 1.29 is 17.9 Å². The molecule has 3 rings (SSSR count). The number of hydrogen-bond donors (Lipinski definition) is 1. The second-order valence-electron chi connectivity index (χ2n) is 6.05. The highest BCUT2D eigenvalue weighted by atomic mass is 32.2. The minimum Gasteiger partial charge on any atom is -0.492 e. The van der Waals surface area contributed by atoms with Crippen LogP contribution in [-0.4, -0.2) is 44.9 Å². The molecule has 2 aromatic carbocycles. The fraction of sp³-hybridized carbons (Fsp3) is 0.316. The molecule has 1 heterocycles. The zero-order valence-corrected chi connectivity index (χ0v) is 15.2. The zero-order valence-electron chi connectivity index (χ0n) is 14.4. The van der Waals surface area contributed by atoms with Crippen LogP contribution in [0.3, 0.4) is 0 Å². The van der Waals surface area contributed by atoms with Gasteiger partial charge in [-0.1, -0.05) is 18.2 Å². The van der Waals surface area contributed by atoms with E-state index in [1.54, 1.807) is 36.4 Å². The van der Waals surface area contributed by atoms with Gasteiger partial charge in [-0.2, -0.15) is 4.31 Å². The van der Waals surface area contributed by atoms with Gasteiger partial charge < -0.3 is 10.1 Å². The Morgan fingerprint density at radius 2 is 1.65 bits per heavy atom. The van der Waals surface area contributed by atoms with Gasteiger partial charge in [0.25, 0.3) is 5.91 Å². The van der Waals surface area contributed by atoms with Gasteiger partial charge in [-0.25, -0.2) is 8.42 Å². The molecular formula is C19H22N2O4S. The van der Waals surface area contributed by atoms with Gasteiger partial charge in [-0.05, 0) is 49.2 Å². The topological polar surface area (TPSA) is 75.7 Å². The van der Waals surface area contributed by atoms with Crippen LogP contribution in [0.15, 0.2) is 59.5 Å². The number of benzene rings is 2. The molecule has 1 aliphatic rings. The number of rotatable bonds is 7. The Kier molecular flexibility index (Phi) is 5.90. The summed E-state index contributed by atoms with van der Waals surface area (Å²) in [4.78, 5) is 12.2. The molecule has 6 nitrogen and oxygen atoms in total. The molecule has 0 radical (unpaired) electrons. The van der Waals surface area contributed by atoms with Crippen molar-refractivity contribution in [1.82, 2.24) is 9.62 Å². The smallest absolute Gasteiger partial charge is 0.251 e. The molecular weight excluding hydrogens is 352 g/mol. The van der Waals surface area contributed by atoms with Gasteiger partial charge in [0.2, 0.25) is 10.0 Å². The lowest BCUT2D eigenvalue weighted by atomic mass is 10.2. The molecule has 7 heteroatoms. The predicted octanol–water partition coefficient (Wildman–Crippen LogP) is 2.28. The molecule has 0 aliphatic carbocycles. The third-order valence-electron chi connectivity index (χ3n) is 4.22. The van der Waals surface area contributed by atoms with Gasteiger partial charge in [0.05, 0.1) is 11.4 Å². The highest BCUT2D eigenvalue weighted by molar-refractivity contribution is 7.89. The molecule has 1 amide bonds. The number of amides is 1. The van der Waals surface area contributed by atoms with Crippen molar-refractivity contribution in [3.8, 4) is 5.75 Å². The quantitative estimate of drug-likeness (QED) is 0.755. The molecule has 138 valence electrons. The lowest BCUT2D eigenvalue weighted by Crippen LogP contribution is -2.28. The third kappa shape index (κ3) is 4.42. The Bertz CT molecular complexity index is 830. The molecule has 26 heavy (non-hydrogen) atoms. The monoisotopic (exact) mass is 374 g/mol. The molecule has 0 unspecified atom stereocenters. The number of carbonyl (C=O) groups is 1. The van der Waals surface area contributed by atoms with Crippen LogP contribution < -0.4 is 10.1 Å². The van der Waals surface area contributed by atoms with Crippen molar-refractivity contribution in [1.29, 1.82) is 0 Å². The van der Waals surface area contributed by atoms with E-state index >= 15 is 0 Å². The first-order chi connectivity index (χ1) is 12.6. The van der Waals surface area contributed by atoms with E-state index in [1.807, 2.05) is 18.2 Å². The minimum absolute atomic E-state index is 0.152. The second kappa shape index (κ2) is 8.33. The molecule has 0 atom stereocenters. The van der Waals surface area contributed by atoms with E-state index in [1.165, 1.54) is 4.31 Å². The summed E-state index contributed by atoms with van der Waals surface area (Å²) in [5.74, 6) is 0.417. The van der Waals surface area contributed by atoms with Crippen LogP contribution in [0.2, 0.25) is 0 Å². The van der Waals surface area contributed by atoms with E-state index in [9.17, 15) is 13.2 Å². The molecule has 0 bridgehead atoms. The maximum absolute atomic E-state index is 12.5. The molecule has 1 fully saturated rings. The van der Waals surface area contributed by atoms with Crippen LogP contribution >= 0.6 is 0 Å². The lowest BCUT2D eigenvalue weighted by molar-refractivity contribution is 0.0947. The molecule has 1 saturated heterocycles. The Balaban J connectivity index is 1.48. The van der Waals surface area contributed by atoms with Crippen molar-refractivity contribution in [2.45, 2.75) is 17.7 Å².